The number of halogens is 2. The summed E-state index contributed by atoms with van der Waals surface area (Å²) < 4.78 is 0. The zero-order valence-electron chi connectivity index (χ0n) is 9.19. The van der Waals surface area contributed by atoms with Crippen LogP contribution in [0, 0.1) is 0 Å². The van der Waals surface area contributed by atoms with Gasteiger partial charge in [-0.2, -0.15) is 0 Å². The minimum Gasteiger partial charge on any atom is -0.310 e. The van der Waals surface area contributed by atoms with Crippen LogP contribution in [0.15, 0.2) is 18.2 Å². The molecule has 0 amide bonds. The van der Waals surface area contributed by atoms with E-state index in [1.807, 2.05) is 18.2 Å². The second-order valence-corrected chi connectivity index (χ2v) is 4.57. The summed E-state index contributed by atoms with van der Waals surface area (Å²) in [6.45, 7) is 5.15. The van der Waals surface area contributed by atoms with Gasteiger partial charge < -0.3 is 5.32 Å². The third-order valence-electron chi connectivity index (χ3n) is 2.39. The van der Waals surface area contributed by atoms with Crippen molar-refractivity contribution in [2.24, 2.45) is 0 Å². The van der Waals surface area contributed by atoms with Crippen LogP contribution in [-0.2, 0) is 6.54 Å². The van der Waals surface area contributed by atoms with Crippen LogP contribution in [0.2, 0.25) is 10.0 Å². The maximum Gasteiger partial charge on any atom is 0.0637 e. The van der Waals surface area contributed by atoms with Gasteiger partial charge in [0.2, 0.25) is 0 Å². The van der Waals surface area contributed by atoms with Crippen LogP contribution in [0.5, 0.6) is 0 Å². The van der Waals surface area contributed by atoms with Crippen molar-refractivity contribution in [3.63, 3.8) is 0 Å². The van der Waals surface area contributed by atoms with Crippen LogP contribution < -0.4 is 5.32 Å². The van der Waals surface area contributed by atoms with Gasteiger partial charge in [-0.15, -0.1) is 0 Å². The first-order valence-electron chi connectivity index (χ1n) is 5.31. The number of nitrogens with one attached hydrogen (secondary N) is 1. The lowest BCUT2D eigenvalue weighted by Crippen LogP contribution is -2.25. The lowest BCUT2D eigenvalue weighted by molar-refractivity contribution is 0.508. The normalized spacial score (nSPS) is 12.8. The summed E-state index contributed by atoms with van der Waals surface area (Å²) in [6.07, 6.45) is 2.37. The second-order valence-electron chi connectivity index (χ2n) is 3.78. The molecular formula is C12H17Cl2N. The number of benzene rings is 1. The highest BCUT2D eigenvalue weighted by Crippen LogP contribution is 2.25. The summed E-state index contributed by atoms with van der Waals surface area (Å²) >= 11 is 12.0. The average molecular weight is 246 g/mol. The SMILES string of the molecule is CCCC(C)NCc1cccc(Cl)c1Cl. The number of hydrogen-bond donors (Lipinski definition) is 1. The van der Waals surface area contributed by atoms with E-state index in [1.54, 1.807) is 0 Å². The lowest BCUT2D eigenvalue weighted by Gasteiger charge is -2.13. The molecule has 1 aromatic rings. The summed E-state index contributed by atoms with van der Waals surface area (Å²) in [5.74, 6) is 0. The molecule has 0 saturated carbocycles. The van der Waals surface area contributed by atoms with Gasteiger partial charge in [-0.25, -0.2) is 0 Å². The third-order valence-corrected chi connectivity index (χ3v) is 3.25. The highest BCUT2D eigenvalue weighted by Gasteiger charge is 2.05. The molecule has 0 radical (unpaired) electrons. The Bertz CT molecular complexity index is 312. The van der Waals surface area contributed by atoms with Gasteiger partial charge in [0.05, 0.1) is 10.0 Å². The van der Waals surface area contributed by atoms with Crippen molar-refractivity contribution in [3.8, 4) is 0 Å². The van der Waals surface area contributed by atoms with E-state index < -0.39 is 0 Å². The molecule has 3 heteroatoms. The highest BCUT2D eigenvalue weighted by atomic mass is 35.5. The van der Waals surface area contributed by atoms with Crippen molar-refractivity contribution in [1.29, 1.82) is 0 Å². The second kappa shape index (κ2) is 6.37. The Morgan fingerprint density at radius 1 is 1.33 bits per heavy atom. The maximum atomic E-state index is 6.08. The molecule has 1 aromatic carbocycles. The molecule has 0 aliphatic rings. The Labute approximate surface area is 102 Å². The summed E-state index contributed by atoms with van der Waals surface area (Å²) in [5.41, 5.74) is 1.06. The topological polar surface area (TPSA) is 12.0 Å². The fourth-order valence-electron chi connectivity index (χ4n) is 1.50. The summed E-state index contributed by atoms with van der Waals surface area (Å²) in [6, 6.07) is 6.25. The largest absolute Gasteiger partial charge is 0.310 e. The van der Waals surface area contributed by atoms with E-state index in [0.29, 0.717) is 16.1 Å². The molecule has 1 unspecified atom stereocenters. The van der Waals surface area contributed by atoms with E-state index in [4.69, 9.17) is 23.2 Å². The van der Waals surface area contributed by atoms with Crippen LogP contribution in [0.1, 0.15) is 32.3 Å². The molecule has 0 aliphatic carbocycles. The van der Waals surface area contributed by atoms with E-state index in [9.17, 15) is 0 Å². The van der Waals surface area contributed by atoms with E-state index in [0.717, 1.165) is 12.1 Å². The summed E-state index contributed by atoms with van der Waals surface area (Å²) in [7, 11) is 0. The number of hydrogen-bond acceptors (Lipinski definition) is 1. The van der Waals surface area contributed by atoms with Gasteiger partial charge in [0.25, 0.3) is 0 Å². The fraction of sp³-hybridized carbons (Fsp3) is 0.500. The van der Waals surface area contributed by atoms with Gasteiger partial charge in [-0.1, -0.05) is 48.7 Å². The Hall–Kier alpha value is -0.240. The first-order chi connectivity index (χ1) is 7.15. The van der Waals surface area contributed by atoms with Crippen LogP contribution in [0.4, 0.5) is 0 Å². The summed E-state index contributed by atoms with van der Waals surface area (Å²) in [5, 5.41) is 4.71. The third kappa shape index (κ3) is 4.02. The molecule has 15 heavy (non-hydrogen) atoms. The van der Waals surface area contributed by atoms with Gasteiger partial charge >= 0.3 is 0 Å². The van der Waals surface area contributed by atoms with Crippen molar-refractivity contribution in [2.75, 3.05) is 0 Å². The molecule has 1 N–H and O–H groups in total. The van der Waals surface area contributed by atoms with Gasteiger partial charge in [0.1, 0.15) is 0 Å². The van der Waals surface area contributed by atoms with E-state index >= 15 is 0 Å². The smallest absolute Gasteiger partial charge is 0.0637 e. The van der Waals surface area contributed by atoms with E-state index in [2.05, 4.69) is 19.2 Å². The highest BCUT2D eigenvalue weighted by molar-refractivity contribution is 6.42. The lowest BCUT2D eigenvalue weighted by atomic mass is 10.1. The van der Waals surface area contributed by atoms with Crippen molar-refractivity contribution in [1.82, 2.24) is 5.32 Å². The monoisotopic (exact) mass is 245 g/mol. The molecule has 0 saturated heterocycles. The van der Waals surface area contributed by atoms with Crippen LogP contribution in [0.25, 0.3) is 0 Å². The van der Waals surface area contributed by atoms with Gasteiger partial charge in [-0.3, -0.25) is 0 Å². The van der Waals surface area contributed by atoms with E-state index in [1.165, 1.54) is 12.8 Å². The number of rotatable bonds is 5. The molecular weight excluding hydrogens is 229 g/mol. The molecule has 1 nitrogen and oxygen atoms in total. The maximum absolute atomic E-state index is 6.08. The van der Waals surface area contributed by atoms with Crippen molar-refractivity contribution in [2.45, 2.75) is 39.3 Å². The molecule has 1 rings (SSSR count). The fourth-order valence-corrected chi connectivity index (χ4v) is 1.89. The van der Waals surface area contributed by atoms with E-state index in [-0.39, 0.29) is 0 Å². The zero-order chi connectivity index (χ0) is 11.3. The summed E-state index contributed by atoms with van der Waals surface area (Å²) in [4.78, 5) is 0. The first-order valence-corrected chi connectivity index (χ1v) is 6.07. The molecule has 0 fully saturated rings. The Morgan fingerprint density at radius 2 is 2.07 bits per heavy atom. The minimum atomic E-state index is 0.519. The van der Waals surface area contributed by atoms with Gasteiger partial charge in [0.15, 0.2) is 0 Å². The zero-order valence-corrected chi connectivity index (χ0v) is 10.7. The van der Waals surface area contributed by atoms with Crippen LogP contribution >= 0.6 is 23.2 Å². The molecule has 1 atom stereocenters. The van der Waals surface area contributed by atoms with Crippen molar-refractivity contribution in [3.05, 3.63) is 33.8 Å². The Kier molecular flexibility index (Phi) is 5.44. The molecule has 0 bridgehead atoms. The quantitative estimate of drug-likeness (QED) is 0.817. The minimum absolute atomic E-state index is 0.519. The molecule has 0 aliphatic heterocycles. The van der Waals surface area contributed by atoms with Crippen LogP contribution in [-0.4, -0.2) is 6.04 Å². The average Bonchev–Trinajstić information content (AvgIpc) is 2.21. The van der Waals surface area contributed by atoms with Crippen molar-refractivity contribution >= 4 is 23.2 Å². The molecule has 0 aromatic heterocycles. The Balaban J connectivity index is 2.54. The van der Waals surface area contributed by atoms with Crippen LogP contribution in [0.3, 0.4) is 0 Å². The first kappa shape index (κ1) is 12.8. The molecule has 0 spiro atoms. The molecule has 0 heterocycles. The standard InChI is InChI=1S/C12H17Cl2N/c1-3-5-9(2)15-8-10-6-4-7-11(13)12(10)14/h4,6-7,9,15H,3,5,8H2,1-2H3. The van der Waals surface area contributed by atoms with Crippen molar-refractivity contribution < 1.29 is 0 Å². The predicted octanol–water partition coefficient (Wildman–Crippen LogP) is 4.27. The Morgan fingerprint density at radius 3 is 2.73 bits per heavy atom. The van der Waals surface area contributed by atoms with Gasteiger partial charge in [0, 0.05) is 12.6 Å². The predicted molar refractivity (Wildman–Crippen MR) is 67.7 cm³/mol. The van der Waals surface area contributed by atoms with Gasteiger partial charge in [-0.05, 0) is 25.0 Å². The molecule has 84 valence electrons.